The normalized spacial score (nSPS) is 14.0. The van der Waals surface area contributed by atoms with E-state index < -0.39 is 0 Å². The summed E-state index contributed by atoms with van der Waals surface area (Å²) in [4.78, 5) is 20.3. The van der Waals surface area contributed by atoms with Crippen molar-refractivity contribution in [1.82, 2.24) is 19.9 Å². The number of aliphatic hydroxyl groups is 1. The maximum atomic E-state index is 9.17. The van der Waals surface area contributed by atoms with Gasteiger partial charge in [0.25, 0.3) is 0 Å². The van der Waals surface area contributed by atoms with Gasteiger partial charge in [0, 0.05) is 43.2 Å². The number of morpholine rings is 1. The van der Waals surface area contributed by atoms with E-state index in [-0.39, 0.29) is 6.61 Å². The van der Waals surface area contributed by atoms with Gasteiger partial charge in [0.15, 0.2) is 0 Å². The van der Waals surface area contributed by atoms with Crippen molar-refractivity contribution >= 4 is 17.6 Å². The van der Waals surface area contributed by atoms with E-state index in [1.54, 1.807) is 18.5 Å². The Hall–Kier alpha value is -3.30. The molecule has 9 nitrogen and oxygen atoms in total. The molecule has 29 heavy (non-hydrogen) atoms. The number of nitrogens with zero attached hydrogens (tertiary/aromatic N) is 5. The molecule has 0 amide bonds. The Morgan fingerprint density at radius 2 is 1.93 bits per heavy atom. The van der Waals surface area contributed by atoms with E-state index >= 15 is 0 Å². The quantitative estimate of drug-likeness (QED) is 0.570. The average Bonchev–Trinajstić information content (AvgIpc) is 2.78. The van der Waals surface area contributed by atoms with Crippen LogP contribution < -0.4 is 16.0 Å². The molecule has 1 fully saturated rings. The third-order valence-electron chi connectivity index (χ3n) is 4.58. The summed E-state index contributed by atoms with van der Waals surface area (Å²) < 4.78 is 5.46. The van der Waals surface area contributed by atoms with Crippen molar-refractivity contribution in [3.8, 4) is 22.5 Å². The molecule has 0 saturated carbocycles. The minimum atomic E-state index is 0.0151. The molecule has 3 aromatic heterocycles. The van der Waals surface area contributed by atoms with Crippen LogP contribution in [0.25, 0.3) is 22.5 Å². The fourth-order valence-electron chi connectivity index (χ4n) is 3.11. The molecular formula is C20H23N7O2. The molecule has 0 aromatic carbocycles. The largest absolute Gasteiger partial charge is 0.395 e. The summed E-state index contributed by atoms with van der Waals surface area (Å²) in [6.45, 7) is 3.16. The lowest BCUT2D eigenvalue weighted by Gasteiger charge is -2.27. The lowest BCUT2D eigenvalue weighted by Crippen LogP contribution is -2.37. The van der Waals surface area contributed by atoms with Crippen LogP contribution in [-0.4, -0.2) is 64.5 Å². The third-order valence-corrected chi connectivity index (χ3v) is 4.58. The molecule has 1 aliphatic rings. The Labute approximate surface area is 168 Å². The number of anilines is 3. The molecule has 0 radical (unpaired) electrons. The smallest absolute Gasteiger partial charge is 0.226 e. The van der Waals surface area contributed by atoms with Crippen LogP contribution in [0.2, 0.25) is 0 Å². The lowest BCUT2D eigenvalue weighted by atomic mass is 10.1. The highest BCUT2D eigenvalue weighted by Crippen LogP contribution is 2.30. The predicted molar refractivity (Wildman–Crippen MR) is 112 cm³/mol. The first-order chi connectivity index (χ1) is 14.2. The number of hydrogen-bond acceptors (Lipinski definition) is 9. The Morgan fingerprint density at radius 3 is 2.69 bits per heavy atom. The van der Waals surface area contributed by atoms with Gasteiger partial charge in [0.05, 0.1) is 31.2 Å². The van der Waals surface area contributed by atoms with Crippen LogP contribution in [0.1, 0.15) is 0 Å². The van der Waals surface area contributed by atoms with Crippen LogP contribution >= 0.6 is 0 Å². The molecule has 1 saturated heterocycles. The number of aromatic nitrogens is 4. The molecular weight excluding hydrogens is 370 g/mol. The van der Waals surface area contributed by atoms with E-state index in [0.717, 1.165) is 35.6 Å². The molecule has 4 N–H and O–H groups in total. The van der Waals surface area contributed by atoms with Crippen molar-refractivity contribution in [2.45, 2.75) is 0 Å². The van der Waals surface area contributed by atoms with Crippen molar-refractivity contribution in [3.63, 3.8) is 0 Å². The fraction of sp³-hybridized carbons (Fsp3) is 0.300. The molecule has 1 aliphatic heterocycles. The van der Waals surface area contributed by atoms with Gasteiger partial charge >= 0.3 is 0 Å². The predicted octanol–water partition coefficient (Wildman–Crippen LogP) is 1.42. The molecule has 0 unspecified atom stereocenters. The molecule has 0 atom stereocenters. The van der Waals surface area contributed by atoms with Crippen LogP contribution in [0.3, 0.4) is 0 Å². The number of nitrogens with one attached hydrogen (secondary N) is 1. The van der Waals surface area contributed by atoms with E-state index in [1.807, 2.05) is 24.3 Å². The average molecular weight is 393 g/mol. The number of nitrogens with two attached hydrogens (primary N) is 1. The van der Waals surface area contributed by atoms with E-state index in [1.165, 1.54) is 0 Å². The van der Waals surface area contributed by atoms with Gasteiger partial charge in [0.2, 0.25) is 5.95 Å². The summed E-state index contributed by atoms with van der Waals surface area (Å²) in [5.74, 6) is 1.75. The zero-order valence-corrected chi connectivity index (χ0v) is 16.0. The molecule has 4 heterocycles. The number of hydrogen-bond donors (Lipinski definition) is 3. The molecule has 0 spiro atoms. The SMILES string of the molecule is Nc1ccc(-c2cc(-c3cccnc3NCCO)nc(N3CCOCC3)n2)cn1. The first kappa shape index (κ1) is 19.0. The van der Waals surface area contributed by atoms with Gasteiger partial charge in [-0.1, -0.05) is 0 Å². The maximum absolute atomic E-state index is 9.17. The van der Waals surface area contributed by atoms with E-state index in [4.69, 9.17) is 25.5 Å². The second-order valence-electron chi connectivity index (χ2n) is 6.56. The minimum absolute atomic E-state index is 0.0151. The van der Waals surface area contributed by atoms with Gasteiger partial charge in [0.1, 0.15) is 11.6 Å². The highest BCUT2D eigenvalue weighted by molar-refractivity contribution is 5.76. The molecule has 0 bridgehead atoms. The van der Waals surface area contributed by atoms with Crippen molar-refractivity contribution in [2.24, 2.45) is 0 Å². The van der Waals surface area contributed by atoms with Gasteiger partial charge in [-0.05, 0) is 30.3 Å². The molecule has 4 rings (SSSR count). The standard InChI is InChI=1S/C20H23N7O2/c21-18-4-3-14(13-24-18)16-12-17(15-2-1-5-22-19(15)23-6-9-28)26-20(25-16)27-7-10-29-11-8-27/h1-5,12-13,28H,6-11H2,(H2,21,24)(H,22,23). The first-order valence-electron chi connectivity index (χ1n) is 9.48. The van der Waals surface area contributed by atoms with Gasteiger partial charge < -0.3 is 25.8 Å². The first-order valence-corrected chi connectivity index (χ1v) is 9.48. The summed E-state index contributed by atoms with van der Waals surface area (Å²) in [5.41, 5.74) is 8.91. The van der Waals surface area contributed by atoms with Crippen LogP contribution in [-0.2, 0) is 4.74 Å². The van der Waals surface area contributed by atoms with Crippen molar-refractivity contribution in [3.05, 3.63) is 42.7 Å². The van der Waals surface area contributed by atoms with Crippen molar-refractivity contribution in [1.29, 1.82) is 0 Å². The third kappa shape index (κ3) is 4.41. The number of pyridine rings is 2. The Morgan fingerprint density at radius 1 is 1.10 bits per heavy atom. The number of ether oxygens (including phenoxy) is 1. The van der Waals surface area contributed by atoms with Crippen molar-refractivity contribution in [2.75, 3.05) is 55.4 Å². The second kappa shape index (κ2) is 8.80. The number of nitrogen functional groups attached to an aromatic ring is 1. The molecule has 150 valence electrons. The Kier molecular flexibility index (Phi) is 5.78. The summed E-state index contributed by atoms with van der Waals surface area (Å²) in [7, 11) is 0. The van der Waals surface area contributed by atoms with Crippen molar-refractivity contribution < 1.29 is 9.84 Å². The highest BCUT2D eigenvalue weighted by Gasteiger charge is 2.18. The Balaban J connectivity index is 1.80. The fourth-order valence-corrected chi connectivity index (χ4v) is 3.11. The monoisotopic (exact) mass is 393 g/mol. The highest BCUT2D eigenvalue weighted by atomic mass is 16.5. The molecule has 3 aromatic rings. The van der Waals surface area contributed by atoms with Gasteiger partial charge in [-0.2, -0.15) is 0 Å². The summed E-state index contributed by atoms with van der Waals surface area (Å²) in [6.07, 6.45) is 3.41. The van der Waals surface area contributed by atoms with Crippen LogP contribution in [0.5, 0.6) is 0 Å². The van der Waals surface area contributed by atoms with Gasteiger partial charge in [-0.3, -0.25) is 0 Å². The topological polar surface area (TPSA) is 122 Å². The van der Waals surface area contributed by atoms with E-state index in [2.05, 4.69) is 20.2 Å². The van der Waals surface area contributed by atoms with E-state index in [0.29, 0.717) is 37.3 Å². The number of aliphatic hydroxyl groups excluding tert-OH is 1. The lowest BCUT2D eigenvalue weighted by molar-refractivity contribution is 0.122. The summed E-state index contributed by atoms with van der Waals surface area (Å²) in [6, 6.07) is 9.37. The minimum Gasteiger partial charge on any atom is -0.395 e. The zero-order valence-electron chi connectivity index (χ0n) is 16.0. The number of rotatable bonds is 6. The molecule has 9 heteroatoms. The van der Waals surface area contributed by atoms with Crippen LogP contribution in [0.15, 0.2) is 42.7 Å². The second-order valence-corrected chi connectivity index (χ2v) is 6.56. The summed E-state index contributed by atoms with van der Waals surface area (Å²) >= 11 is 0. The Bertz CT molecular complexity index is 959. The summed E-state index contributed by atoms with van der Waals surface area (Å²) in [5, 5.41) is 12.3. The van der Waals surface area contributed by atoms with Gasteiger partial charge in [-0.25, -0.2) is 19.9 Å². The zero-order chi connectivity index (χ0) is 20.1. The van der Waals surface area contributed by atoms with E-state index in [9.17, 15) is 0 Å². The maximum Gasteiger partial charge on any atom is 0.226 e. The van der Waals surface area contributed by atoms with Gasteiger partial charge in [-0.15, -0.1) is 0 Å². The van der Waals surface area contributed by atoms with Crippen LogP contribution in [0, 0.1) is 0 Å². The molecule has 0 aliphatic carbocycles. The van der Waals surface area contributed by atoms with Crippen LogP contribution in [0.4, 0.5) is 17.6 Å².